The Morgan fingerprint density at radius 1 is 0.964 bits per heavy atom. The molecule has 9 heteroatoms. The molecule has 0 aromatic heterocycles. The maximum absolute atomic E-state index is 12.8. The largest absolute Gasteiger partial charge is 0.355 e. The van der Waals surface area contributed by atoms with Gasteiger partial charge in [-0.3, -0.25) is 9.59 Å². The van der Waals surface area contributed by atoms with Crippen LogP contribution in [0.1, 0.15) is 20.7 Å². The second-order valence-corrected chi connectivity index (χ2v) is 8.68. The Kier molecular flexibility index (Phi) is 6.02. The van der Waals surface area contributed by atoms with E-state index in [0.717, 1.165) is 0 Å². The normalized spacial score (nSPS) is 15.3. The van der Waals surface area contributed by atoms with Gasteiger partial charge in [0.25, 0.3) is 11.8 Å². The summed E-state index contributed by atoms with van der Waals surface area (Å²) in [6.45, 7) is 0.986. The smallest absolute Gasteiger partial charge is 0.253 e. The molecule has 3 rings (SSSR count). The fraction of sp³-hybridized carbons (Fsp3) is 0.263. The zero-order valence-corrected chi connectivity index (χ0v) is 16.8. The van der Waals surface area contributed by atoms with Crippen molar-refractivity contribution < 1.29 is 18.0 Å². The van der Waals surface area contributed by atoms with Gasteiger partial charge in [-0.25, -0.2) is 8.42 Å². The van der Waals surface area contributed by atoms with Gasteiger partial charge in [0.2, 0.25) is 10.0 Å². The number of carbonyl (C=O) groups is 2. The third-order valence-corrected chi connectivity index (χ3v) is 6.73. The third kappa shape index (κ3) is 4.19. The van der Waals surface area contributed by atoms with Crippen LogP contribution in [-0.4, -0.2) is 62.7 Å². The highest BCUT2D eigenvalue weighted by molar-refractivity contribution is 7.89. The minimum Gasteiger partial charge on any atom is -0.355 e. The molecule has 1 heterocycles. The lowest BCUT2D eigenvalue weighted by Gasteiger charge is -2.34. The fourth-order valence-electron chi connectivity index (χ4n) is 3.01. The molecule has 0 spiro atoms. The molecule has 1 aliphatic rings. The minimum absolute atomic E-state index is 0.120. The molecule has 2 aromatic carbocycles. The zero-order valence-electron chi connectivity index (χ0n) is 15.3. The number of nitrogens with zero attached hydrogens (tertiary/aromatic N) is 2. The minimum atomic E-state index is -3.69. The van der Waals surface area contributed by atoms with Crippen molar-refractivity contribution in [1.29, 1.82) is 0 Å². The molecule has 0 bridgehead atoms. The number of sulfonamides is 1. The monoisotopic (exact) mass is 421 g/mol. The van der Waals surface area contributed by atoms with Gasteiger partial charge in [0, 0.05) is 49.4 Å². The molecule has 2 amide bonds. The standard InChI is InChI=1S/C19H20ClN3O4S/c1-21-18(24)14-5-7-17(8-6-14)28(26,27)23-11-9-22(10-12-23)19(25)15-3-2-4-16(20)13-15/h2-8,13H,9-12H2,1H3,(H,21,24). The lowest BCUT2D eigenvalue weighted by Crippen LogP contribution is -2.50. The number of benzene rings is 2. The van der Waals surface area contributed by atoms with Crippen LogP contribution in [0.5, 0.6) is 0 Å². The van der Waals surface area contributed by atoms with Gasteiger partial charge >= 0.3 is 0 Å². The molecule has 1 saturated heterocycles. The number of nitrogens with one attached hydrogen (secondary N) is 1. The van der Waals surface area contributed by atoms with Gasteiger partial charge in [0.1, 0.15) is 0 Å². The first-order valence-electron chi connectivity index (χ1n) is 8.70. The Bertz CT molecular complexity index is 984. The molecule has 1 N–H and O–H groups in total. The number of piperazine rings is 1. The summed E-state index contributed by atoms with van der Waals surface area (Å²) in [5, 5.41) is 2.97. The Hall–Kier alpha value is -2.42. The molecule has 0 atom stereocenters. The lowest BCUT2D eigenvalue weighted by molar-refractivity contribution is 0.0697. The first kappa shape index (κ1) is 20.3. The molecular weight excluding hydrogens is 402 g/mol. The van der Waals surface area contributed by atoms with Crippen molar-refractivity contribution in [2.45, 2.75) is 4.90 Å². The number of halogens is 1. The number of carbonyl (C=O) groups excluding carboxylic acids is 2. The van der Waals surface area contributed by atoms with E-state index < -0.39 is 10.0 Å². The van der Waals surface area contributed by atoms with Crippen LogP contribution in [0.25, 0.3) is 0 Å². The summed E-state index contributed by atoms with van der Waals surface area (Å²) in [7, 11) is -2.18. The number of hydrogen-bond acceptors (Lipinski definition) is 4. The van der Waals surface area contributed by atoms with Crippen molar-refractivity contribution in [3.05, 3.63) is 64.7 Å². The lowest BCUT2D eigenvalue weighted by atomic mass is 10.2. The molecular formula is C19H20ClN3O4S. The summed E-state index contributed by atoms with van der Waals surface area (Å²) in [4.78, 5) is 25.9. The first-order valence-corrected chi connectivity index (χ1v) is 10.5. The number of amides is 2. The summed E-state index contributed by atoms with van der Waals surface area (Å²) in [5.74, 6) is -0.452. The van der Waals surface area contributed by atoms with Crippen molar-refractivity contribution in [3.63, 3.8) is 0 Å². The zero-order chi connectivity index (χ0) is 20.3. The maximum atomic E-state index is 12.8. The SMILES string of the molecule is CNC(=O)c1ccc(S(=O)(=O)N2CCN(C(=O)c3cccc(Cl)c3)CC2)cc1. The van der Waals surface area contributed by atoms with E-state index in [0.29, 0.717) is 29.2 Å². The van der Waals surface area contributed by atoms with Gasteiger partial charge in [-0.1, -0.05) is 17.7 Å². The quantitative estimate of drug-likeness (QED) is 0.816. The van der Waals surface area contributed by atoms with Crippen molar-refractivity contribution in [2.24, 2.45) is 0 Å². The first-order chi connectivity index (χ1) is 13.3. The van der Waals surface area contributed by atoms with Gasteiger partial charge in [-0.2, -0.15) is 4.31 Å². The molecule has 2 aromatic rings. The average molecular weight is 422 g/mol. The van der Waals surface area contributed by atoms with Crippen LogP contribution in [0.2, 0.25) is 5.02 Å². The summed E-state index contributed by atoms with van der Waals surface area (Å²) in [6, 6.07) is 12.5. The van der Waals surface area contributed by atoms with Crippen molar-refractivity contribution in [1.82, 2.24) is 14.5 Å². The van der Waals surface area contributed by atoms with Gasteiger partial charge in [0.15, 0.2) is 0 Å². The highest BCUT2D eigenvalue weighted by atomic mass is 35.5. The Morgan fingerprint density at radius 3 is 2.18 bits per heavy atom. The molecule has 1 fully saturated rings. The number of rotatable bonds is 4. The van der Waals surface area contributed by atoms with E-state index in [9.17, 15) is 18.0 Å². The van der Waals surface area contributed by atoms with Crippen LogP contribution in [0.4, 0.5) is 0 Å². The van der Waals surface area contributed by atoms with Crippen LogP contribution < -0.4 is 5.32 Å². The molecule has 148 valence electrons. The second kappa shape index (κ2) is 8.30. The van der Waals surface area contributed by atoms with Crippen LogP contribution in [0.15, 0.2) is 53.4 Å². The maximum Gasteiger partial charge on any atom is 0.253 e. The molecule has 0 aliphatic carbocycles. The molecule has 28 heavy (non-hydrogen) atoms. The summed E-state index contributed by atoms with van der Waals surface area (Å²) >= 11 is 5.94. The molecule has 1 aliphatic heterocycles. The third-order valence-electron chi connectivity index (χ3n) is 4.58. The van der Waals surface area contributed by atoms with Crippen LogP contribution >= 0.6 is 11.6 Å². The Morgan fingerprint density at radius 2 is 1.61 bits per heavy atom. The van der Waals surface area contributed by atoms with E-state index in [1.165, 1.54) is 35.6 Å². The van der Waals surface area contributed by atoms with E-state index in [1.54, 1.807) is 29.2 Å². The summed E-state index contributed by atoms with van der Waals surface area (Å²) in [5.41, 5.74) is 0.868. The second-order valence-electron chi connectivity index (χ2n) is 6.31. The van der Waals surface area contributed by atoms with E-state index in [4.69, 9.17) is 11.6 Å². The molecule has 0 saturated carbocycles. The van der Waals surface area contributed by atoms with Crippen LogP contribution in [0, 0.1) is 0 Å². The Balaban J connectivity index is 1.68. The molecule has 0 radical (unpaired) electrons. The van der Waals surface area contributed by atoms with Crippen molar-refractivity contribution in [3.8, 4) is 0 Å². The van der Waals surface area contributed by atoms with Gasteiger partial charge in [0.05, 0.1) is 4.90 Å². The summed E-state index contributed by atoms with van der Waals surface area (Å²) < 4.78 is 27.0. The Labute approximate surface area is 168 Å². The van der Waals surface area contributed by atoms with Gasteiger partial charge < -0.3 is 10.2 Å². The van der Waals surface area contributed by atoms with E-state index in [-0.39, 0.29) is 29.8 Å². The highest BCUT2D eigenvalue weighted by Crippen LogP contribution is 2.20. The van der Waals surface area contributed by atoms with Gasteiger partial charge in [-0.05, 0) is 42.5 Å². The van der Waals surface area contributed by atoms with E-state index >= 15 is 0 Å². The highest BCUT2D eigenvalue weighted by Gasteiger charge is 2.30. The topological polar surface area (TPSA) is 86.8 Å². The number of hydrogen-bond donors (Lipinski definition) is 1. The average Bonchev–Trinajstić information content (AvgIpc) is 2.72. The summed E-state index contributed by atoms with van der Waals surface area (Å²) in [6.07, 6.45) is 0. The molecule has 7 nitrogen and oxygen atoms in total. The van der Waals surface area contributed by atoms with E-state index in [2.05, 4.69) is 5.32 Å². The van der Waals surface area contributed by atoms with Crippen molar-refractivity contribution >= 4 is 33.4 Å². The predicted molar refractivity (Wildman–Crippen MR) is 106 cm³/mol. The molecule has 0 unspecified atom stereocenters. The van der Waals surface area contributed by atoms with Crippen LogP contribution in [-0.2, 0) is 10.0 Å². The van der Waals surface area contributed by atoms with Crippen LogP contribution in [0.3, 0.4) is 0 Å². The van der Waals surface area contributed by atoms with E-state index in [1.807, 2.05) is 0 Å². The van der Waals surface area contributed by atoms with Crippen molar-refractivity contribution in [2.75, 3.05) is 33.2 Å². The van der Waals surface area contributed by atoms with Gasteiger partial charge in [-0.15, -0.1) is 0 Å². The predicted octanol–water partition coefficient (Wildman–Crippen LogP) is 1.85. The fourth-order valence-corrected chi connectivity index (χ4v) is 4.62.